The maximum atomic E-state index is 13.1. The number of methoxy groups -OCH3 is 3. The number of benzene rings is 1. The van der Waals surface area contributed by atoms with E-state index in [1.165, 1.54) is 21.3 Å². The molecule has 1 heterocycles. The molecule has 0 bridgehead atoms. The summed E-state index contributed by atoms with van der Waals surface area (Å²) in [6.45, 7) is 5.80. The lowest BCUT2D eigenvalue weighted by molar-refractivity contribution is -0.0976. The van der Waals surface area contributed by atoms with E-state index >= 15 is 0 Å². The Morgan fingerprint density at radius 1 is 1.20 bits per heavy atom. The van der Waals surface area contributed by atoms with Crippen LogP contribution >= 0.6 is 0 Å². The molecule has 2 fully saturated rings. The zero-order valence-corrected chi connectivity index (χ0v) is 15.6. The van der Waals surface area contributed by atoms with Gasteiger partial charge in [0.2, 0.25) is 5.75 Å². The van der Waals surface area contributed by atoms with Gasteiger partial charge in [0, 0.05) is 24.1 Å². The number of hydrogen-bond acceptors (Lipinski definition) is 5. The van der Waals surface area contributed by atoms with Crippen LogP contribution in [-0.4, -0.2) is 56.9 Å². The summed E-state index contributed by atoms with van der Waals surface area (Å²) in [6.07, 6.45) is 0.945. The molecule has 1 aliphatic carbocycles. The van der Waals surface area contributed by atoms with Gasteiger partial charge in [0.25, 0.3) is 5.91 Å². The van der Waals surface area contributed by atoms with Crippen molar-refractivity contribution in [1.29, 1.82) is 0 Å². The van der Waals surface area contributed by atoms with Gasteiger partial charge in [0.15, 0.2) is 11.5 Å². The fourth-order valence-corrected chi connectivity index (χ4v) is 4.88. The average molecular weight is 349 g/mol. The van der Waals surface area contributed by atoms with Crippen LogP contribution in [0.5, 0.6) is 17.2 Å². The molecule has 1 aliphatic heterocycles. The molecule has 6 heteroatoms. The molecule has 0 aromatic heterocycles. The van der Waals surface area contributed by atoms with E-state index in [2.05, 4.69) is 13.8 Å². The summed E-state index contributed by atoms with van der Waals surface area (Å²) in [6, 6.07) is 3.36. The molecule has 0 spiro atoms. The number of carbonyl (C=O) groups is 1. The molecule has 2 atom stereocenters. The molecule has 1 N–H and O–H groups in total. The number of carbonyl (C=O) groups excluding carboxylic acids is 1. The van der Waals surface area contributed by atoms with Crippen molar-refractivity contribution in [2.24, 2.45) is 16.7 Å². The Balaban J connectivity index is 1.89. The van der Waals surface area contributed by atoms with Crippen LogP contribution in [0.3, 0.4) is 0 Å². The van der Waals surface area contributed by atoms with E-state index in [1.807, 2.05) is 4.90 Å². The predicted molar refractivity (Wildman–Crippen MR) is 93.4 cm³/mol. The molecular formula is C19H27NO5. The van der Waals surface area contributed by atoms with Crippen LogP contribution in [0.25, 0.3) is 0 Å². The van der Waals surface area contributed by atoms with Crippen molar-refractivity contribution in [2.45, 2.75) is 20.3 Å². The van der Waals surface area contributed by atoms with Gasteiger partial charge in [-0.2, -0.15) is 0 Å². The fourth-order valence-electron chi connectivity index (χ4n) is 4.88. The standard InChI is InChI=1S/C19H27NO5/c1-18(2)9-19(11-21)10-20(8-15(18)19)17(22)12-6-13(23-3)16(25-5)14(7-12)24-4/h6-7,15,21H,8-11H2,1-5H3/t15-,19-/m1/s1. The Hall–Kier alpha value is -1.95. The van der Waals surface area contributed by atoms with Crippen molar-refractivity contribution in [2.75, 3.05) is 41.0 Å². The van der Waals surface area contributed by atoms with Crippen LogP contribution in [0, 0.1) is 16.7 Å². The summed E-state index contributed by atoms with van der Waals surface area (Å²) in [4.78, 5) is 14.9. The van der Waals surface area contributed by atoms with Gasteiger partial charge in [-0.05, 0) is 29.9 Å². The Labute approximate surface area is 148 Å². The Kier molecular flexibility index (Phi) is 4.35. The van der Waals surface area contributed by atoms with E-state index in [9.17, 15) is 9.90 Å². The Morgan fingerprint density at radius 3 is 2.20 bits per heavy atom. The molecule has 3 rings (SSSR count). The minimum atomic E-state index is -0.153. The molecule has 1 amide bonds. The third-order valence-electron chi connectivity index (χ3n) is 5.91. The molecular weight excluding hydrogens is 322 g/mol. The number of amides is 1. The zero-order valence-electron chi connectivity index (χ0n) is 15.6. The quantitative estimate of drug-likeness (QED) is 0.883. The maximum Gasteiger partial charge on any atom is 0.254 e. The van der Waals surface area contributed by atoms with Crippen LogP contribution in [0.4, 0.5) is 0 Å². The number of likely N-dealkylation sites (tertiary alicyclic amines) is 1. The van der Waals surface area contributed by atoms with Crippen molar-refractivity contribution in [3.63, 3.8) is 0 Å². The first-order chi connectivity index (χ1) is 11.8. The topological polar surface area (TPSA) is 68.2 Å². The van der Waals surface area contributed by atoms with E-state index in [1.54, 1.807) is 12.1 Å². The Bertz CT molecular complexity index is 661. The highest BCUT2D eigenvalue weighted by atomic mass is 16.5. The maximum absolute atomic E-state index is 13.1. The number of aliphatic hydroxyl groups excluding tert-OH is 1. The van der Waals surface area contributed by atoms with Crippen molar-refractivity contribution >= 4 is 5.91 Å². The largest absolute Gasteiger partial charge is 0.493 e. The first-order valence-electron chi connectivity index (χ1n) is 8.52. The highest BCUT2D eigenvalue weighted by molar-refractivity contribution is 5.96. The van der Waals surface area contributed by atoms with Crippen LogP contribution in [0.15, 0.2) is 12.1 Å². The van der Waals surface area contributed by atoms with Crippen LogP contribution in [0.2, 0.25) is 0 Å². The molecule has 1 aromatic carbocycles. The molecule has 2 aliphatic rings. The second-order valence-electron chi connectivity index (χ2n) is 7.84. The summed E-state index contributed by atoms with van der Waals surface area (Å²) >= 11 is 0. The van der Waals surface area contributed by atoms with E-state index in [0.717, 1.165) is 6.42 Å². The third kappa shape index (κ3) is 2.63. The fraction of sp³-hybridized carbons (Fsp3) is 0.632. The highest BCUT2D eigenvalue weighted by Crippen LogP contribution is 2.62. The second kappa shape index (κ2) is 6.09. The minimum absolute atomic E-state index is 0.0720. The number of hydrogen-bond donors (Lipinski definition) is 1. The molecule has 1 saturated carbocycles. The minimum Gasteiger partial charge on any atom is -0.493 e. The number of aliphatic hydroxyl groups is 1. The lowest BCUT2D eigenvalue weighted by Crippen LogP contribution is -2.54. The van der Waals surface area contributed by atoms with Crippen LogP contribution in [0.1, 0.15) is 30.6 Å². The number of fused-ring (bicyclic) bond motifs is 1. The number of rotatable bonds is 5. The van der Waals surface area contributed by atoms with Gasteiger partial charge in [-0.1, -0.05) is 13.8 Å². The van der Waals surface area contributed by atoms with Gasteiger partial charge < -0.3 is 24.2 Å². The van der Waals surface area contributed by atoms with Crippen LogP contribution in [-0.2, 0) is 0 Å². The van der Waals surface area contributed by atoms with Crippen molar-refractivity contribution in [3.8, 4) is 17.2 Å². The summed E-state index contributed by atoms with van der Waals surface area (Å²) in [5.74, 6) is 1.65. The summed E-state index contributed by atoms with van der Waals surface area (Å²) < 4.78 is 16.0. The van der Waals surface area contributed by atoms with Gasteiger partial charge in [-0.25, -0.2) is 0 Å². The van der Waals surface area contributed by atoms with E-state index < -0.39 is 0 Å². The lowest BCUT2D eigenvalue weighted by atomic mass is 9.48. The van der Waals surface area contributed by atoms with Crippen LogP contribution < -0.4 is 14.2 Å². The summed E-state index contributed by atoms with van der Waals surface area (Å²) in [5, 5.41) is 9.89. The van der Waals surface area contributed by atoms with Gasteiger partial charge in [0.05, 0.1) is 27.9 Å². The van der Waals surface area contributed by atoms with E-state index in [4.69, 9.17) is 14.2 Å². The van der Waals surface area contributed by atoms with E-state index in [0.29, 0.717) is 41.8 Å². The summed E-state index contributed by atoms with van der Waals surface area (Å²) in [5.41, 5.74) is 0.508. The molecule has 25 heavy (non-hydrogen) atoms. The normalized spacial score (nSPS) is 26.6. The van der Waals surface area contributed by atoms with Gasteiger partial charge in [-0.15, -0.1) is 0 Å². The molecule has 138 valence electrons. The zero-order chi connectivity index (χ0) is 18.4. The molecule has 6 nitrogen and oxygen atoms in total. The summed E-state index contributed by atoms with van der Waals surface area (Å²) in [7, 11) is 4.60. The highest BCUT2D eigenvalue weighted by Gasteiger charge is 2.63. The second-order valence-corrected chi connectivity index (χ2v) is 7.84. The van der Waals surface area contributed by atoms with Gasteiger partial charge >= 0.3 is 0 Å². The van der Waals surface area contributed by atoms with Gasteiger partial charge in [0.1, 0.15) is 0 Å². The number of ether oxygens (including phenoxy) is 3. The Morgan fingerprint density at radius 2 is 1.80 bits per heavy atom. The molecule has 1 saturated heterocycles. The SMILES string of the molecule is COc1cc(C(=O)N2C[C@@H]3C(C)(C)C[C@]3(CO)C2)cc(OC)c1OC. The van der Waals surface area contributed by atoms with Crippen molar-refractivity contribution in [3.05, 3.63) is 17.7 Å². The average Bonchev–Trinajstić information content (AvgIpc) is 2.94. The predicted octanol–water partition coefficient (Wildman–Crippen LogP) is 2.19. The van der Waals surface area contributed by atoms with Gasteiger partial charge in [-0.3, -0.25) is 4.79 Å². The van der Waals surface area contributed by atoms with E-state index in [-0.39, 0.29) is 23.3 Å². The monoisotopic (exact) mass is 349 g/mol. The lowest BCUT2D eigenvalue weighted by Gasteiger charge is -2.55. The van der Waals surface area contributed by atoms with Crippen molar-refractivity contribution in [1.82, 2.24) is 4.90 Å². The number of nitrogens with zero attached hydrogens (tertiary/aromatic N) is 1. The third-order valence-corrected chi connectivity index (χ3v) is 5.91. The van der Waals surface area contributed by atoms with Crippen molar-refractivity contribution < 1.29 is 24.1 Å². The molecule has 0 radical (unpaired) electrons. The first-order valence-corrected chi connectivity index (χ1v) is 8.52. The molecule has 1 aromatic rings. The smallest absolute Gasteiger partial charge is 0.254 e. The molecule has 0 unspecified atom stereocenters. The first kappa shape index (κ1) is 17.9.